The molecule has 1 saturated heterocycles. The Morgan fingerprint density at radius 1 is 1.65 bits per heavy atom. The second kappa shape index (κ2) is 5.27. The Morgan fingerprint density at radius 3 is 3.12 bits per heavy atom. The summed E-state index contributed by atoms with van der Waals surface area (Å²) in [6.45, 7) is 6.53. The fourth-order valence-electron chi connectivity index (χ4n) is 2.18. The zero-order valence-corrected chi connectivity index (χ0v) is 10.4. The van der Waals surface area contributed by atoms with E-state index in [1.807, 2.05) is 24.0 Å². The van der Waals surface area contributed by atoms with Crippen molar-refractivity contribution >= 4 is 5.91 Å². The normalized spacial score (nSPS) is 22.2. The van der Waals surface area contributed by atoms with Crippen LogP contribution in [-0.4, -0.2) is 41.5 Å². The molecule has 92 valence electrons. The summed E-state index contributed by atoms with van der Waals surface area (Å²) in [5.41, 5.74) is 0.990. The van der Waals surface area contributed by atoms with Crippen LogP contribution >= 0.6 is 0 Å². The van der Waals surface area contributed by atoms with Crippen LogP contribution in [0.3, 0.4) is 0 Å². The van der Waals surface area contributed by atoms with Crippen LogP contribution in [0.2, 0.25) is 0 Å². The van der Waals surface area contributed by atoms with Gasteiger partial charge < -0.3 is 10.2 Å². The van der Waals surface area contributed by atoms with Crippen LogP contribution in [0.15, 0.2) is 24.5 Å². The zero-order chi connectivity index (χ0) is 12.3. The molecule has 0 saturated carbocycles. The topological polar surface area (TPSA) is 45.2 Å². The molecule has 1 N–H and O–H groups in total. The Labute approximate surface area is 102 Å². The number of hydrogen-bond acceptors (Lipinski definition) is 3. The number of carbonyl (C=O) groups excluding carboxylic acids is 1. The molecule has 0 aliphatic carbocycles. The average molecular weight is 233 g/mol. The highest BCUT2D eigenvalue weighted by Gasteiger charge is 2.25. The lowest BCUT2D eigenvalue weighted by molar-refractivity contribution is -0.133. The third kappa shape index (κ3) is 2.82. The number of rotatable bonds is 2. The van der Waals surface area contributed by atoms with Crippen LogP contribution in [0, 0.1) is 0 Å². The molecule has 1 aliphatic rings. The quantitative estimate of drug-likeness (QED) is 0.829. The molecular formula is C13H19N3O. The molecule has 0 bridgehead atoms. The fourth-order valence-corrected chi connectivity index (χ4v) is 2.18. The van der Waals surface area contributed by atoms with Gasteiger partial charge in [0.1, 0.15) is 0 Å². The lowest BCUT2D eigenvalue weighted by Crippen LogP contribution is -2.52. The van der Waals surface area contributed by atoms with Gasteiger partial charge in [0.15, 0.2) is 0 Å². The Hall–Kier alpha value is -1.42. The predicted octanol–water partition coefficient (Wildman–Crippen LogP) is 1.01. The minimum absolute atomic E-state index is 0.103. The first-order valence-electron chi connectivity index (χ1n) is 6.10. The number of nitrogens with one attached hydrogen (secondary N) is 1. The zero-order valence-electron chi connectivity index (χ0n) is 10.4. The molecule has 17 heavy (non-hydrogen) atoms. The molecule has 1 fully saturated rings. The monoisotopic (exact) mass is 233 g/mol. The number of amides is 1. The van der Waals surface area contributed by atoms with Crippen molar-refractivity contribution in [1.82, 2.24) is 15.2 Å². The Bertz CT molecular complexity index is 380. The maximum absolute atomic E-state index is 12.3. The van der Waals surface area contributed by atoms with Crippen LogP contribution in [0.4, 0.5) is 0 Å². The minimum Gasteiger partial charge on any atom is -0.339 e. The van der Waals surface area contributed by atoms with Crippen molar-refractivity contribution in [3.8, 4) is 0 Å². The molecule has 0 unspecified atom stereocenters. The largest absolute Gasteiger partial charge is 0.339 e. The molecule has 0 radical (unpaired) electrons. The van der Waals surface area contributed by atoms with Crippen LogP contribution in [0.1, 0.15) is 25.3 Å². The van der Waals surface area contributed by atoms with Crippen LogP contribution in [0.5, 0.6) is 0 Å². The van der Waals surface area contributed by atoms with E-state index >= 15 is 0 Å². The molecule has 2 rings (SSSR count). The van der Waals surface area contributed by atoms with E-state index in [0.29, 0.717) is 6.04 Å². The van der Waals surface area contributed by atoms with Gasteiger partial charge in [0.05, 0.1) is 5.92 Å². The number of aromatic nitrogens is 1. The van der Waals surface area contributed by atoms with Crippen molar-refractivity contribution in [1.29, 1.82) is 0 Å². The van der Waals surface area contributed by atoms with Crippen LogP contribution in [0.25, 0.3) is 0 Å². The highest BCUT2D eigenvalue weighted by molar-refractivity contribution is 5.83. The molecule has 4 nitrogen and oxygen atoms in total. The van der Waals surface area contributed by atoms with E-state index in [1.165, 1.54) is 0 Å². The van der Waals surface area contributed by atoms with Crippen molar-refractivity contribution in [3.05, 3.63) is 30.1 Å². The minimum atomic E-state index is -0.103. The molecule has 1 aliphatic heterocycles. The summed E-state index contributed by atoms with van der Waals surface area (Å²) >= 11 is 0. The van der Waals surface area contributed by atoms with E-state index in [2.05, 4.69) is 17.2 Å². The van der Waals surface area contributed by atoms with E-state index in [9.17, 15) is 4.79 Å². The molecule has 1 aromatic heterocycles. The number of nitrogens with zero attached hydrogens (tertiary/aromatic N) is 2. The molecule has 2 heterocycles. The first-order chi connectivity index (χ1) is 8.18. The van der Waals surface area contributed by atoms with Gasteiger partial charge in [-0.1, -0.05) is 6.07 Å². The second-order valence-electron chi connectivity index (χ2n) is 4.65. The van der Waals surface area contributed by atoms with Gasteiger partial charge in [-0.3, -0.25) is 9.78 Å². The lowest BCUT2D eigenvalue weighted by Gasteiger charge is -2.33. The van der Waals surface area contributed by atoms with Gasteiger partial charge in [-0.2, -0.15) is 0 Å². The third-order valence-corrected chi connectivity index (χ3v) is 3.24. The molecular weight excluding hydrogens is 214 g/mol. The molecule has 1 aromatic rings. The second-order valence-corrected chi connectivity index (χ2v) is 4.65. The highest BCUT2D eigenvalue weighted by atomic mass is 16.2. The van der Waals surface area contributed by atoms with Gasteiger partial charge in [-0.25, -0.2) is 0 Å². The summed E-state index contributed by atoms with van der Waals surface area (Å²) < 4.78 is 0. The van der Waals surface area contributed by atoms with Gasteiger partial charge >= 0.3 is 0 Å². The summed E-state index contributed by atoms with van der Waals surface area (Å²) in [5.74, 6) is 0.0975. The first kappa shape index (κ1) is 12.0. The van der Waals surface area contributed by atoms with E-state index < -0.39 is 0 Å². The number of piperazine rings is 1. The highest BCUT2D eigenvalue weighted by Crippen LogP contribution is 2.17. The number of hydrogen-bond donors (Lipinski definition) is 1. The van der Waals surface area contributed by atoms with Crippen molar-refractivity contribution in [3.63, 3.8) is 0 Å². The Morgan fingerprint density at radius 2 is 2.47 bits per heavy atom. The fraction of sp³-hybridized carbons (Fsp3) is 0.538. The number of pyridine rings is 1. The SMILES string of the molecule is C[C@H](C(=O)N1CCN[C@@H](C)C1)c1cccnc1. The van der Waals surface area contributed by atoms with Crippen LogP contribution < -0.4 is 5.32 Å². The smallest absolute Gasteiger partial charge is 0.229 e. The Balaban J connectivity index is 2.04. The van der Waals surface area contributed by atoms with E-state index in [4.69, 9.17) is 0 Å². The first-order valence-corrected chi connectivity index (χ1v) is 6.10. The van der Waals surface area contributed by atoms with Gasteiger partial charge in [0, 0.05) is 38.1 Å². The maximum Gasteiger partial charge on any atom is 0.229 e. The van der Waals surface area contributed by atoms with Gasteiger partial charge in [-0.05, 0) is 25.5 Å². The molecule has 0 spiro atoms. The van der Waals surface area contributed by atoms with Crippen molar-refractivity contribution in [2.45, 2.75) is 25.8 Å². The lowest BCUT2D eigenvalue weighted by atomic mass is 10.0. The van der Waals surface area contributed by atoms with Crippen molar-refractivity contribution < 1.29 is 4.79 Å². The van der Waals surface area contributed by atoms with Crippen molar-refractivity contribution in [2.75, 3.05) is 19.6 Å². The van der Waals surface area contributed by atoms with Gasteiger partial charge in [0.2, 0.25) is 5.91 Å². The Kier molecular flexibility index (Phi) is 3.74. The number of carbonyl (C=O) groups is 1. The standard InChI is InChI=1S/C13H19N3O/c1-10-9-16(7-6-15-10)13(17)11(2)12-4-3-5-14-8-12/h3-5,8,10-11,15H,6-7,9H2,1-2H3/t10-,11-/m0/s1. The summed E-state index contributed by atoms with van der Waals surface area (Å²) in [7, 11) is 0. The molecule has 0 aromatic carbocycles. The van der Waals surface area contributed by atoms with Gasteiger partial charge in [-0.15, -0.1) is 0 Å². The average Bonchev–Trinajstić information content (AvgIpc) is 2.38. The van der Waals surface area contributed by atoms with E-state index in [1.54, 1.807) is 12.4 Å². The summed E-state index contributed by atoms with van der Waals surface area (Å²) in [6, 6.07) is 4.22. The van der Waals surface area contributed by atoms with E-state index in [0.717, 1.165) is 25.2 Å². The van der Waals surface area contributed by atoms with Gasteiger partial charge in [0.25, 0.3) is 0 Å². The summed E-state index contributed by atoms with van der Waals surface area (Å²) in [5, 5.41) is 3.34. The molecule has 1 amide bonds. The molecule has 4 heteroatoms. The molecule has 2 atom stereocenters. The summed E-state index contributed by atoms with van der Waals surface area (Å²) in [6.07, 6.45) is 3.50. The van der Waals surface area contributed by atoms with Crippen LogP contribution in [-0.2, 0) is 4.79 Å². The third-order valence-electron chi connectivity index (χ3n) is 3.24. The maximum atomic E-state index is 12.3. The van der Waals surface area contributed by atoms with E-state index in [-0.39, 0.29) is 11.8 Å². The predicted molar refractivity (Wildman–Crippen MR) is 66.7 cm³/mol. The van der Waals surface area contributed by atoms with Crippen molar-refractivity contribution in [2.24, 2.45) is 0 Å². The summed E-state index contributed by atoms with van der Waals surface area (Å²) in [4.78, 5) is 18.3.